The van der Waals surface area contributed by atoms with Crippen molar-refractivity contribution in [3.05, 3.63) is 0 Å². The molecule has 0 aromatic rings. The zero-order valence-corrected chi connectivity index (χ0v) is 6.96. The normalized spacial score (nSPS) is 38.0. The van der Waals surface area contributed by atoms with Gasteiger partial charge in [0.2, 0.25) is 0 Å². The van der Waals surface area contributed by atoms with Crippen LogP contribution in [0.5, 0.6) is 0 Å². The molecule has 0 aliphatic heterocycles. The summed E-state index contributed by atoms with van der Waals surface area (Å²) < 4.78 is 0. The first-order chi connectivity index (χ1) is 4.30. The summed E-state index contributed by atoms with van der Waals surface area (Å²) in [5, 5.41) is 0.461. The number of hydrogen-bond acceptors (Lipinski definition) is 0. The van der Waals surface area contributed by atoms with Gasteiger partial charge in [-0.3, -0.25) is 0 Å². The van der Waals surface area contributed by atoms with Crippen molar-refractivity contribution in [3.63, 3.8) is 0 Å². The summed E-state index contributed by atoms with van der Waals surface area (Å²) in [5.41, 5.74) is 0. The van der Waals surface area contributed by atoms with Crippen molar-refractivity contribution in [2.75, 3.05) is 0 Å². The van der Waals surface area contributed by atoms with Gasteiger partial charge in [-0.05, 0) is 12.8 Å². The Bertz CT molecular complexity index is 73.0. The van der Waals surface area contributed by atoms with Gasteiger partial charge in [0, 0.05) is 10.8 Å². The first kappa shape index (κ1) is 7.68. The van der Waals surface area contributed by atoms with Gasteiger partial charge in [0.05, 0.1) is 0 Å². The van der Waals surface area contributed by atoms with Crippen LogP contribution in [0, 0.1) is 0 Å². The molecule has 0 aromatic carbocycles. The number of halogens is 2. The molecule has 9 heavy (non-hydrogen) atoms. The van der Waals surface area contributed by atoms with E-state index >= 15 is 0 Å². The van der Waals surface area contributed by atoms with Crippen LogP contribution < -0.4 is 0 Å². The first-order valence-corrected chi connectivity index (χ1v) is 4.46. The molecule has 0 aromatic heterocycles. The highest BCUT2D eigenvalue weighted by molar-refractivity contribution is 6.29. The molecule has 1 saturated carbocycles. The monoisotopic (exact) mass is 166 g/mol. The average molecular weight is 167 g/mol. The van der Waals surface area contributed by atoms with Gasteiger partial charge in [0.25, 0.3) is 0 Å². The third kappa shape index (κ3) is 2.35. The molecule has 0 unspecified atom stereocenters. The molecule has 0 bridgehead atoms. The number of rotatable bonds is 0. The molecule has 0 spiro atoms. The molecule has 1 aliphatic carbocycles. The third-order valence-corrected chi connectivity index (χ3v) is 3.03. The smallest absolute Gasteiger partial charge is 0.0499 e. The lowest BCUT2D eigenvalue weighted by Crippen LogP contribution is -2.11. The molecule has 1 rings (SSSR count). The molecule has 0 amide bonds. The zero-order chi connectivity index (χ0) is 6.69. The molecule has 0 saturated heterocycles. The Morgan fingerprint density at radius 2 is 1.22 bits per heavy atom. The molecule has 0 N–H and O–H groups in total. The van der Waals surface area contributed by atoms with Crippen molar-refractivity contribution >= 4 is 23.2 Å². The van der Waals surface area contributed by atoms with Crippen molar-refractivity contribution in [3.8, 4) is 0 Å². The van der Waals surface area contributed by atoms with Gasteiger partial charge in [0.15, 0.2) is 0 Å². The van der Waals surface area contributed by atoms with Crippen LogP contribution in [0.3, 0.4) is 0 Å². The topological polar surface area (TPSA) is 0 Å². The summed E-state index contributed by atoms with van der Waals surface area (Å²) in [6, 6.07) is 0. The maximum absolute atomic E-state index is 5.94. The second kappa shape index (κ2) is 3.68. The predicted molar refractivity (Wildman–Crippen MR) is 42.4 cm³/mol. The fourth-order valence-electron chi connectivity index (χ4n) is 1.22. The van der Waals surface area contributed by atoms with Gasteiger partial charge in [-0.2, -0.15) is 0 Å². The van der Waals surface area contributed by atoms with E-state index in [2.05, 4.69) is 0 Å². The van der Waals surface area contributed by atoms with Crippen LogP contribution in [0.1, 0.15) is 32.1 Å². The SMILES string of the molecule is Cl[C@@H]1CCCCC[C@H]1Cl. The Morgan fingerprint density at radius 1 is 0.778 bits per heavy atom. The maximum atomic E-state index is 5.94. The lowest BCUT2D eigenvalue weighted by Gasteiger charge is -2.09. The van der Waals surface area contributed by atoms with E-state index in [1.54, 1.807) is 0 Å². The highest BCUT2D eigenvalue weighted by Gasteiger charge is 2.18. The predicted octanol–water partition coefficient (Wildman–Crippen LogP) is 3.17. The van der Waals surface area contributed by atoms with Crippen LogP contribution in [-0.2, 0) is 0 Å². The van der Waals surface area contributed by atoms with E-state index in [-0.39, 0.29) is 10.8 Å². The Labute approximate surface area is 66.5 Å². The van der Waals surface area contributed by atoms with E-state index < -0.39 is 0 Å². The fraction of sp³-hybridized carbons (Fsp3) is 1.00. The van der Waals surface area contributed by atoms with E-state index in [1.807, 2.05) is 0 Å². The van der Waals surface area contributed by atoms with E-state index in [1.165, 1.54) is 19.3 Å². The van der Waals surface area contributed by atoms with Gasteiger partial charge >= 0.3 is 0 Å². The Hall–Kier alpha value is 0.580. The summed E-state index contributed by atoms with van der Waals surface area (Å²) in [6.45, 7) is 0. The zero-order valence-electron chi connectivity index (χ0n) is 5.45. The van der Waals surface area contributed by atoms with Crippen LogP contribution >= 0.6 is 23.2 Å². The molecule has 0 radical (unpaired) electrons. The van der Waals surface area contributed by atoms with Gasteiger partial charge in [0.1, 0.15) is 0 Å². The fourth-order valence-corrected chi connectivity index (χ4v) is 1.78. The maximum Gasteiger partial charge on any atom is 0.0499 e. The van der Waals surface area contributed by atoms with Crippen LogP contribution in [-0.4, -0.2) is 10.8 Å². The standard InChI is InChI=1S/C7H12Cl2/c8-6-4-2-1-3-5-7(6)9/h6-7H,1-5H2/t6-,7-/m1/s1. The van der Waals surface area contributed by atoms with Crippen molar-refractivity contribution in [2.24, 2.45) is 0 Å². The minimum absolute atomic E-state index is 0.231. The molecule has 2 atom stereocenters. The van der Waals surface area contributed by atoms with Crippen molar-refractivity contribution in [1.82, 2.24) is 0 Å². The van der Waals surface area contributed by atoms with Gasteiger partial charge < -0.3 is 0 Å². The van der Waals surface area contributed by atoms with Crippen LogP contribution in [0.25, 0.3) is 0 Å². The van der Waals surface area contributed by atoms with Gasteiger partial charge in [-0.1, -0.05) is 19.3 Å². The highest BCUT2D eigenvalue weighted by atomic mass is 35.5. The Kier molecular flexibility index (Phi) is 3.14. The van der Waals surface area contributed by atoms with Crippen molar-refractivity contribution in [1.29, 1.82) is 0 Å². The minimum atomic E-state index is 0.231. The quantitative estimate of drug-likeness (QED) is 0.384. The summed E-state index contributed by atoms with van der Waals surface area (Å²) in [5.74, 6) is 0. The highest BCUT2D eigenvalue weighted by Crippen LogP contribution is 2.25. The molecule has 1 fully saturated rings. The molecular formula is C7H12Cl2. The molecule has 2 heteroatoms. The van der Waals surface area contributed by atoms with Crippen LogP contribution in [0.4, 0.5) is 0 Å². The number of alkyl halides is 2. The van der Waals surface area contributed by atoms with Crippen LogP contribution in [0.15, 0.2) is 0 Å². The third-order valence-electron chi connectivity index (χ3n) is 1.85. The lowest BCUT2D eigenvalue weighted by atomic mass is 10.2. The summed E-state index contributed by atoms with van der Waals surface area (Å²) >= 11 is 11.9. The van der Waals surface area contributed by atoms with Gasteiger partial charge in [-0.15, -0.1) is 23.2 Å². The molecule has 0 nitrogen and oxygen atoms in total. The molecular weight excluding hydrogens is 155 g/mol. The Balaban J connectivity index is 2.32. The lowest BCUT2D eigenvalue weighted by molar-refractivity contribution is 0.703. The van der Waals surface area contributed by atoms with Crippen molar-refractivity contribution < 1.29 is 0 Å². The second-order valence-electron chi connectivity index (χ2n) is 2.67. The Morgan fingerprint density at radius 3 is 1.67 bits per heavy atom. The molecule has 1 aliphatic rings. The molecule has 54 valence electrons. The number of hydrogen-bond donors (Lipinski definition) is 0. The summed E-state index contributed by atoms with van der Waals surface area (Å²) in [6.07, 6.45) is 6.05. The van der Waals surface area contributed by atoms with E-state index in [0.29, 0.717) is 0 Å². The second-order valence-corrected chi connectivity index (χ2v) is 3.79. The van der Waals surface area contributed by atoms with Crippen molar-refractivity contribution in [2.45, 2.75) is 42.9 Å². The minimum Gasteiger partial charge on any atom is -0.121 e. The summed E-state index contributed by atoms with van der Waals surface area (Å²) in [7, 11) is 0. The van der Waals surface area contributed by atoms with Crippen LogP contribution in [0.2, 0.25) is 0 Å². The van der Waals surface area contributed by atoms with Gasteiger partial charge in [-0.25, -0.2) is 0 Å². The average Bonchev–Trinajstić information content (AvgIpc) is 1.99. The summed E-state index contributed by atoms with van der Waals surface area (Å²) in [4.78, 5) is 0. The largest absolute Gasteiger partial charge is 0.121 e. The first-order valence-electron chi connectivity index (χ1n) is 3.59. The molecule has 0 heterocycles. The van der Waals surface area contributed by atoms with E-state index in [0.717, 1.165) is 12.8 Å². The van der Waals surface area contributed by atoms with E-state index in [4.69, 9.17) is 23.2 Å². The van der Waals surface area contributed by atoms with E-state index in [9.17, 15) is 0 Å².